The van der Waals surface area contributed by atoms with E-state index in [-0.39, 0.29) is 5.75 Å². The maximum Gasteiger partial charge on any atom is 0.344 e. The highest BCUT2D eigenvalue weighted by Crippen LogP contribution is 2.30. The Hall–Kier alpha value is -1.89. The third kappa shape index (κ3) is 5.55. The normalized spacial score (nSPS) is 10.2. The first kappa shape index (κ1) is 17.2. The first-order valence-electron chi connectivity index (χ1n) is 6.37. The largest absolute Gasteiger partial charge is 0.482 e. The first-order valence-corrected chi connectivity index (χ1v) is 6.75. The van der Waals surface area contributed by atoms with E-state index in [4.69, 9.17) is 21.1 Å². The Morgan fingerprint density at radius 3 is 2.76 bits per heavy atom. The van der Waals surface area contributed by atoms with Gasteiger partial charge in [-0.05, 0) is 6.42 Å². The summed E-state index contributed by atoms with van der Waals surface area (Å²) in [5, 5.41) is 10.2. The summed E-state index contributed by atoms with van der Waals surface area (Å²) in [7, 11) is 0. The van der Waals surface area contributed by atoms with E-state index < -0.39 is 34.0 Å². The molecule has 0 amide bonds. The molecule has 0 aromatic heterocycles. The van der Waals surface area contributed by atoms with Crippen molar-refractivity contribution in [3.63, 3.8) is 0 Å². The molecule has 0 spiro atoms. The summed E-state index contributed by atoms with van der Waals surface area (Å²) < 4.78 is 23.3. The van der Waals surface area contributed by atoms with E-state index in [9.17, 15) is 19.3 Å². The predicted octanol–water partition coefficient (Wildman–Crippen LogP) is 3.50. The molecule has 0 aliphatic carbocycles. The molecule has 0 aliphatic rings. The number of nitro groups is 1. The van der Waals surface area contributed by atoms with Crippen LogP contribution in [0.15, 0.2) is 12.1 Å². The number of nitrogens with zero attached hydrogens (tertiary/aromatic N) is 1. The topological polar surface area (TPSA) is 78.7 Å². The molecule has 0 fully saturated rings. The summed E-state index contributed by atoms with van der Waals surface area (Å²) in [6, 6.07) is 1.93. The number of carbonyl (C=O) groups is 1. The summed E-state index contributed by atoms with van der Waals surface area (Å²) in [6.45, 7) is 1.89. The predicted molar refractivity (Wildman–Crippen MR) is 74.0 cm³/mol. The van der Waals surface area contributed by atoms with Gasteiger partial charge in [0.05, 0.1) is 22.6 Å². The van der Waals surface area contributed by atoms with E-state index in [1.54, 1.807) is 0 Å². The van der Waals surface area contributed by atoms with Crippen LogP contribution in [0.5, 0.6) is 5.75 Å². The molecular formula is C13H15ClFNO5. The van der Waals surface area contributed by atoms with E-state index in [2.05, 4.69) is 0 Å². The van der Waals surface area contributed by atoms with Crippen LogP contribution in [0.25, 0.3) is 0 Å². The third-order valence-corrected chi connectivity index (χ3v) is 2.82. The number of esters is 1. The summed E-state index contributed by atoms with van der Waals surface area (Å²) in [5.41, 5.74) is -0.811. The summed E-state index contributed by atoms with van der Waals surface area (Å²) in [4.78, 5) is 21.1. The van der Waals surface area contributed by atoms with Gasteiger partial charge >= 0.3 is 11.7 Å². The standard InChI is InChI=1S/C13H15ClFNO5/c1-2-3-4-5-20-12(17)8-21-9-6-10(14)13(15)11(7-9)16(18)19/h6-7H,2-5,8H2,1H3. The maximum atomic E-state index is 13.3. The zero-order valence-corrected chi connectivity index (χ0v) is 12.2. The highest BCUT2D eigenvalue weighted by Gasteiger charge is 2.20. The summed E-state index contributed by atoms with van der Waals surface area (Å²) in [5.74, 6) is -1.82. The monoisotopic (exact) mass is 319 g/mol. The van der Waals surface area contributed by atoms with Crippen LogP contribution in [0.4, 0.5) is 10.1 Å². The Bertz CT molecular complexity index is 524. The minimum Gasteiger partial charge on any atom is -0.482 e. The van der Waals surface area contributed by atoms with E-state index in [1.165, 1.54) is 0 Å². The molecule has 116 valence electrons. The molecule has 0 radical (unpaired) electrons. The van der Waals surface area contributed by atoms with Gasteiger partial charge < -0.3 is 9.47 Å². The smallest absolute Gasteiger partial charge is 0.344 e. The Labute approximate surface area is 125 Å². The fourth-order valence-corrected chi connectivity index (χ4v) is 1.69. The molecule has 6 nitrogen and oxygen atoms in total. The fourth-order valence-electron chi connectivity index (χ4n) is 1.49. The van der Waals surface area contributed by atoms with Gasteiger partial charge in [0.1, 0.15) is 5.75 Å². The van der Waals surface area contributed by atoms with Crippen molar-refractivity contribution in [2.75, 3.05) is 13.2 Å². The number of hydrogen-bond donors (Lipinski definition) is 0. The Morgan fingerprint density at radius 2 is 2.14 bits per heavy atom. The molecule has 1 aromatic carbocycles. The molecule has 1 aromatic rings. The van der Waals surface area contributed by atoms with E-state index >= 15 is 0 Å². The van der Waals surface area contributed by atoms with Gasteiger partial charge in [0.25, 0.3) is 0 Å². The van der Waals surface area contributed by atoms with Crippen molar-refractivity contribution < 1.29 is 23.6 Å². The molecular weight excluding hydrogens is 305 g/mol. The van der Waals surface area contributed by atoms with Crippen LogP contribution in [0.1, 0.15) is 26.2 Å². The molecule has 8 heteroatoms. The lowest BCUT2D eigenvalue weighted by Gasteiger charge is -2.07. The van der Waals surface area contributed by atoms with Crippen LogP contribution in [0.3, 0.4) is 0 Å². The average molecular weight is 320 g/mol. The van der Waals surface area contributed by atoms with Crippen molar-refractivity contribution in [2.24, 2.45) is 0 Å². The summed E-state index contributed by atoms with van der Waals surface area (Å²) >= 11 is 5.52. The van der Waals surface area contributed by atoms with E-state index in [0.29, 0.717) is 6.61 Å². The number of nitro benzene ring substituents is 1. The molecule has 0 atom stereocenters. The van der Waals surface area contributed by atoms with Crippen LogP contribution in [-0.4, -0.2) is 24.1 Å². The molecule has 0 unspecified atom stereocenters. The lowest BCUT2D eigenvalue weighted by atomic mass is 10.3. The zero-order valence-electron chi connectivity index (χ0n) is 11.4. The lowest BCUT2D eigenvalue weighted by molar-refractivity contribution is -0.387. The highest BCUT2D eigenvalue weighted by atomic mass is 35.5. The zero-order chi connectivity index (χ0) is 15.8. The van der Waals surface area contributed by atoms with Crippen LogP contribution < -0.4 is 4.74 Å². The van der Waals surface area contributed by atoms with Crippen molar-refractivity contribution in [2.45, 2.75) is 26.2 Å². The van der Waals surface area contributed by atoms with Crippen molar-refractivity contribution in [1.82, 2.24) is 0 Å². The van der Waals surface area contributed by atoms with Gasteiger partial charge in [-0.1, -0.05) is 31.4 Å². The number of unbranched alkanes of at least 4 members (excludes halogenated alkanes) is 2. The second kappa shape index (κ2) is 8.41. The number of benzene rings is 1. The van der Waals surface area contributed by atoms with Crippen molar-refractivity contribution >= 4 is 23.3 Å². The van der Waals surface area contributed by atoms with Gasteiger partial charge in [-0.3, -0.25) is 10.1 Å². The van der Waals surface area contributed by atoms with Gasteiger partial charge in [0.15, 0.2) is 6.61 Å². The quantitative estimate of drug-likeness (QED) is 0.317. The maximum absolute atomic E-state index is 13.3. The van der Waals surface area contributed by atoms with E-state index in [1.807, 2.05) is 6.92 Å². The molecule has 0 bridgehead atoms. The summed E-state index contributed by atoms with van der Waals surface area (Å²) in [6.07, 6.45) is 2.72. The Balaban J connectivity index is 2.55. The van der Waals surface area contributed by atoms with Gasteiger partial charge in [-0.15, -0.1) is 0 Å². The van der Waals surface area contributed by atoms with Crippen molar-refractivity contribution in [1.29, 1.82) is 0 Å². The van der Waals surface area contributed by atoms with Gasteiger partial charge in [-0.25, -0.2) is 4.79 Å². The van der Waals surface area contributed by atoms with Crippen LogP contribution >= 0.6 is 11.6 Å². The molecule has 0 heterocycles. The van der Waals surface area contributed by atoms with E-state index in [0.717, 1.165) is 31.4 Å². The average Bonchev–Trinajstić information content (AvgIpc) is 2.44. The fraction of sp³-hybridized carbons (Fsp3) is 0.462. The second-order valence-electron chi connectivity index (χ2n) is 4.21. The van der Waals surface area contributed by atoms with Crippen LogP contribution in [0.2, 0.25) is 5.02 Å². The number of carbonyl (C=O) groups excluding carboxylic acids is 1. The third-order valence-electron chi connectivity index (χ3n) is 2.55. The van der Waals surface area contributed by atoms with Crippen LogP contribution in [0, 0.1) is 15.9 Å². The molecule has 0 aliphatic heterocycles. The first-order chi connectivity index (χ1) is 9.95. The van der Waals surface area contributed by atoms with Gasteiger partial charge in [0, 0.05) is 6.07 Å². The molecule has 1 rings (SSSR count). The molecule has 0 N–H and O–H groups in total. The Kier molecular flexibility index (Phi) is 6.87. The minimum atomic E-state index is -1.14. The minimum absolute atomic E-state index is 0.0707. The second-order valence-corrected chi connectivity index (χ2v) is 4.62. The van der Waals surface area contributed by atoms with Gasteiger partial charge in [0.2, 0.25) is 5.82 Å². The number of ether oxygens (including phenoxy) is 2. The SMILES string of the molecule is CCCCCOC(=O)COc1cc(Cl)c(F)c([N+](=O)[O-])c1. The number of halogens is 2. The van der Waals surface area contributed by atoms with Crippen molar-refractivity contribution in [3.8, 4) is 5.75 Å². The molecule has 0 saturated carbocycles. The number of hydrogen-bond acceptors (Lipinski definition) is 5. The van der Waals surface area contributed by atoms with Gasteiger partial charge in [-0.2, -0.15) is 4.39 Å². The van der Waals surface area contributed by atoms with Crippen molar-refractivity contribution in [3.05, 3.63) is 33.1 Å². The highest BCUT2D eigenvalue weighted by molar-refractivity contribution is 6.31. The lowest BCUT2D eigenvalue weighted by Crippen LogP contribution is -2.15. The Morgan fingerprint density at radius 1 is 1.43 bits per heavy atom. The molecule has 0 saturated heterocycles. The number of rotatable bonds is 8. The van der Waals surface area contributed by atoms with Crippen LogP contribution in [-0.2, 0) is 9.53 Å². The molecule has 21 heavy (non-hydrogen) atoms.